The summed E-state index contributed by atoms with van der Waals surface area (Å²) in [5.74, 6) is -1.24. The van der Waals surface area contributed by atoms with Crippen LogP contribution < -0.4 is 15.2 Å². The molecule has 14 nitrogen and oxygen atoms in total. The quantitative estimate of drug-likeness (QED) is 0.0494. The molecule has 2 aromatic rings. The van der Waals surface area contributed by atoms with Gasteiger partial charge in [0, 0.05) is 19.7 Å². The zero-order chi connectivity index (χ0) is 32.8. The lowest BCUT2D eigenvalue weighted by atomic mass is 9.87. The highest BCUT2D eigenvalue weighted by atomic mass is 32.2. The minimum absolute atomic E-state index is 0.0268. The van der Waals surface area contributed by atoms with Crippen molar-refractivity contribution in [1.82, 2.24) is 10.1 Å². The SMILES string of the molecule is C=C/N=C(OCCOC(=O)CCCON(O)O)\C(Oc1cccc(COC)c1)=C(/N)NS(=O)(=O)c1ccc(C(C)(C)C)cc1. The maximum Gasteiger partial charge on any atom is 0.305 e. The van der Waals surface area contributed by atoms with Crippen molar-refractivity contribution in [2.75, 3.05) is 26.9 Å². The summed E-state index contributed by atoms with van der Waals surface area (Å²) in [6.45, 7) is 9.37. The van der Waals surface area contributed by atoms with Gasteiger partial charge in [0.25, 0.3) is 15.9 Å². The van der Waals surface area contributed by atoms with Crippen LogP contribution in [-0.2, 0) is 45.9 Å². The van der Waals surface area contributed by atoms with Crippen molar-refractivity contribution in [2.45, 2.75) is 50.5 Å². The Kier molecular flexibility index (Phi) is 14.3. The lowest BCUT2D eigenvalue weighted by molar-refractivity contribution is -0.492. The molecule has 0 atom stereocenters. The second kappa shape index (κ2) is 17.3. The second-order valence-corrected chi connectivity index (χ2v) is 11.9. The van der Waals surface area contributed by atoms with E-state index in [1.54, 1.807) is 37.4 Å². The van der Waals surface area contributed by atoms with Crippen LogP contribution in [-0.4, -0.2) is 63.0 Å². The predicted octanol–water partition coefficient (Wildman–Crippen LogP) is 3.51. The Morgan fingerprint density at radius 2 is 1.77 bits per heavy atom. The van der Waals surface area contributed by atoms with Crippen molar-refractivity contribution in [1.29, 1.82) is 0 Å². The first kappa shape index (κ1) is 36.2. The van der Waals surface area contributed by atoms with Crippen LogP contribution in [0.5, 0.6) is 5.75 Å². The molecular formula is C29H40N4O10S. The third kappa shape index (κ3) is 12.3. The zero-order valence-corrected chi connectivity index (χ0v) is 26.0. The van der Waals surface area contributed by atoms with E-state index in [4.69, 9.17) is 35.1 Å². The summed E-state index contributed by atoms with van der Waals surface area (Å²) in [6, 6.07) is 13.2. The Morgan fingerprint density at radius 1 is 1.09 bits per heavy atom. The summed E-state index contributed by atoms with van der Waals surface area (Å²) in [5, 5.41) is 16.6. The molecular weight excluding hydrogens is 596 g/mol. The van der Waals surface area contributed by atoms with Crippen molar-refractivity contribution >= 4 is 21.9 Å². The van der Waals surface area contributed by atoms with Crippen molar-refractivity contribution in [2.24, 2.45) is 10.7 Å². The average molecular weight is 637 g/mol. The number of esters is 1. The van der Waals surface area contributed by atoms with Crippen LogP contribution in [0.15, 0.2) is 82.8 Å². The Labute approximate surface area is 257 Å². The Bertz CT molecular complexity index is 1400. The molecule has 0 aromatic heterocycles. The highest BCUT2D eigenvalue weighted by Gasteiger charge is 2.23. The molecule has 0 spiro atoms. The van der Waals surface area contributed by atoms with Gasteiger partial charge in [0.15, 0.2) is 5.82 Å². The van der Waals surface area contributed by atoms with Gasteiger partial charge in [-0.25, -0.2) is 13.4 Å². The number of nitrogens with one attached hydrogen (secondary N) is 1. The summed E-state index contributed by atoms with van der Waals surface area (Å²) >= 11 is 0. The minimum atomic E-state index is -4.16. The number of carbonyl (C=O) groups excluding carboxylic acids is 1. The monoisotopic (exact) mass is 636 g/mol. The maximum absolute atomic E-state index is 13.3. The van der Waals surface area contributed by atoms with Gasteiger partial charge >= 0.3 is 5.97 Å². The molecule has 0 saturated heterocycles. The lowest BCUT2D eigenvalue weighted by Gasteiger charge is -2.20. The molecule has 242 valence electrons. The molecule has 0 radical (unpaired) electrons. The molecule has 0 amide bonds. The van der Waals surface area contributed by atoms with Gasteiger partial charge < -0.3 is 24.7 Å². The van der Waals surface area contributed by atoms with Crippen LogP contribution in [0.25, 0.3) is 0 Å². The maximum atomic E-state index is 13.3. The molecule has 0 saturated carbocycles. The van der Waals surface area contributed by atoms with Crippen molar-refractivity contribution < 1.29 is 47.4 Å². The van der Waals surface area contributed by atoms with Gasteiger partial charge in [0.05, 0.1) is 23.5 Å². The first-order valence-electron chi connectivity index (χ1n) is 13.4. The van der Waals surface area contributed by atoms with Crippen LogP contribution in [0.1, 0.15) is 44.7 Å². The van der Waals surface area contributed by atoms with Crippen LogP contribution >= 0.6 is 0 Å². The largest absolute Gasteiger partial charge is 0.471 e. The summed E-state index contributed by atoms with van der Waals surface area (Å²) < 4.78 is 50.8. The summed E-state index contributed by atoms with van der Waals surface area (Å²) in [7, 11) is -2.62. The van der Waals surface area contributed by atoms with Crippen molar-refractivity contribution in [3.63, 3.8) is 0 Å². The number of benzene rings is 2. The van der Waals surface area contributed by atoms with E-state index in [0.717, 1.165) is 17.3 Å². The van der Waals surface area contributed by atoms with Gasteiger partial charge in [0.2, 0.25) is 5.76 Å². The molecule has 0 fully saturated rings. The fourth-order valence-electron chi connectivity index (χ4n) is 3.55. The molecule has 0 unspecified atom stereocenters. The number of sulfonamides is 1. The summed E-state index contributed by atoms with van der Waals surface area (Å²) in [5.41, 5.74) is 7.81. The molecule has 5 N–H and O–H groups in total. The van der Waals surface area contributed by atoms with Crippen LogP contribution in [0, 0.1) is 0 Å². The lowest BCUT2D eigenvalue weighted by Crippen LogP contribution is -2.33. The number of methoxy groups -OCH3 is 1. The van der Waals surface area contributed by atoms with Gasteiger partial charge in [-0.05, 0) is 47.2 Å². The van der Waals surface area contributed by atoms with E-state index in [2.05, 4.69) is 21.1 Å². The van der Waals surface area contributed by atoms with E-state index < -0.39 is 27.2 Å². The number of hydrogen-bond acceptors (Lipinski definition) is 13. The second-order valence-electron chi connectivity index (χ2n) is 10.2. The van der Waals surface area contributed by atoms with E-state index in [0.29, 0.717) is 6.61 Å². The minimum Gasteiger partial charge on any atom is -0.471 e. The van der Waals surface area contributed by atoms with E-state index >= 15 is 0 Å². The number of ether oxygens (including phenoxy) is 4. The first-order chi connectivity index (χ1) is 20.8. The van der Waals surface area contributed by atoms with E-state index in [1.807, 2.05) is 26.8 Å². The number of nitrogens with zero attached hydrogens (tertiary/aromatic N) is 2. The van der Waals surface area contributed by atoms with Crippen molar-refractivity contribution in [3.8, 4) is 5.75 Å². The normalized spacial score (nSPS) is 12.8. The molecule has 2 aromatic carbocycles. The fraction of sp³-hybridized carbons (Fsp3) is 0.379. The molecule has 0 bridgehead atoms. The average Bonchev–Trinajstić information content (AvgIpc) is 2.95. The zero-order valence-electron chi connectivity index (χ0n) is 25.2. The molecule has 44 heavy (non-hydrogen) atoms. The van der Waals surface area contributed by atoms with Gasteiger partial charge in [-0.3, -0.25) is 24.8 Å². The van der Waals surface area contributed by atoms with E-state index in [9.17, 15) is 13.2 Å². The number of nitrogens with two attached hydrogens (primary N) is 1. The predicted molar refractivity (Wildman–Crippen MR) is 160 cm³/mol. The topological polar surface area (TPSA) is 191 Å². The number of carbonyl (C=O) groups is 1. The Morgan fingerprint density at radius 3 is 2.39 bits per heavy atom. The molecule has 0 heterocycles. The van der Waals surface area contributed by atoms with Gasteiger partial charge in [-0.1, -0.05) is 51.6 Å². The van der Waals surface area contributed by atoms with Crippen LogP contribution in [0.3, 0.4) is 0 Å². The van der Waals surface area contributed by atoms with Crippen LogP contribution in [0.4, 0.5) is 0 Å². The molecule has 2 rings (SSSR count). The molecule has 15 heteroatoms. The first-order valence-corrected chi connectivity index (χ1v) is 14.9. The third-order valence-electron chi connectivity index (χ3n) is 5.67. The smallest absolute Gasteiger partial charge is 0.305 e. The Balaban J connectivity index is 2.29. The highest BCUT2D eigenvalue weighted by Crippen LogP contribution is 2.24. The molecule has 0 aliphatic carbocycles. The number of aliphatic imine (C=N–C) groups is 1. The summed E-state index contributed by atoms with van der Waals surface area (Å²) in [6.07, 6.45) is 1.25. The van der Waals surface area contributed by atoms with Gasteiger partial charge in [-0.2, -0.15) is 0 Å². The summed E-state index contributed by atoms with van der Waals surface area (Å²) in [4.78, 5) is 20.3. The van der Waals surface area contributed by atoms with Crippen LogP contribution in [0.2, 0.25) is 0 Å². The molecule has 0 aliphatic heterocycles. The Hall–Kier alpha value is -3.99. The standard InChI is InChI=1S/C29H40N4O10S/c1-6-31-28(41-18-17-40-25(34)11-8-16-42-33(35)36)26(43-23-10-7-9-21(19-23)20-39-5)27(30)32-44(37,38)24-14-12-22(13-15-24)29(2,3)4/h6-7,9-10,12-15,19,32,35-36H,1,8,11,16-18,20,30H2,2-5H3/b27-26-,31-28+. The van der Waals surface area contributed by atoms with E-state index in [1.165, 1.54) is 12.1 Å². The van der Waals surface area contributed by atoms with Gasteiger partial charge in [0.1, 0.15) is 19.0 Å². The number of rotatable bonds is 17. The number of hydrogen-bond donors (Lipinski definition) is 4. The van der Waals surface area contributed by atoms with Crippen molar-refractivity contribution in [3.05, 3.63) is 84.0 Å². The van der Waals surface area contributed by atoms with Gasteiger partial charge in [-0.15, -0.1) is 0 Å². The molecule has 0 aliphatic rings. The fourth-order valence-corrected chi connectivity index (χ4v) is 4.55. The van der Waals surface area contributed by atoms with E-state index in [-0.39, 0.29) is 60.4 Å². The highest BCUT2D eigenvalue weighted by molar-refractivity contribution is 7.89. The third-order valence-corrected chi connectivity index (χ3v) is 7.05.